The molecule has 0 aliphatic carbocycles. The van der Waals surface area contributed by atoms with Gasteiger partial charge in [-0.05, 0) is 48.7 Å². The molecule has 0 saturated carbocycles. The van der Waals surface area contributed by atoms with Crippen molar-refractivity contribution in [3.8, 4) is 11.5 Å². The molecule has 1 amide bonds. The molecule has 0 aliphatic heterocycles. The fourth-order valence-electron chi connectivity index (χ4n) is 2.56. The van der Waals surface area contributed by atoms with Crippen LogP contribution in [0.25, 0.3) is 0 Å². The first-order valence-corrected chi connectivity index (χ1v) is 9.28. The molecule has 0 atom stereocenters. The molecule has 0 aliphatic rings. The van der Waals surface area contributed by atoms with Crippen LogP contribution in [-0.2, 0) is 17.9 Å². The van der Waals surface area contributed by atoms with E-state index in [1.165, 1.54) is 0 Å². The van der Waals surface area contributed by atoms with Crippen LogP contribution in [0.3, 0.4) is 0 Å². The normalized spacial score (nSPS) is 10.7. The highest BCUT2D eigenvalue weighted by Gasteiger charge is 2.11. The second kappa shape index (κ2) is 10.6. The summed E-state index contributed by atoms with van der Waals surface area (Å²) in [6, 6.07) is 13.1. The first-order chi connectivity index (χ1) is 13.0. The molecule has 0 aromatic heterocycles. The summed E-state index contributed by atoms with van der Waals surface area (Å²) in [6.07, 6.45) is 0. The topological polar surface area (TPSA) is 56.8 Å². The molecule has 2 rings (SSSR count). The second-order valence-electron chi connectivity index (χ2n) is 6.70. The molecule has 0 fully saturated rings. The minimum Gasteiger partial charge on any atom is -0.497 e. The third kappa shape index (κ3) is 6.61. The van der Waals surface area contributed by atoms with Crippen molar-refractivity contribution in [3.05, 3.63) is 59.2 Å². The van der Waals surface area contributed by atoms with Crippen LogP contribution in [0.1, 0.15) is 42.3 Å². The van der Waals surface area contributed by atoms with E-state index < -0.39 is 0 Å². The van der Waals surface area contributed by atoms with Gasteiger partial charge in [-0.25, -0.2) is 0 Å². The van der Waals surface area contributed by atoms with Crippen LogP contribution in [0, 0.1) is 5.92 Å². The van der Waals surface area contributed by atoms with Gasteiger partial charge in [-0.3, -0.25) is 4.79 Å². The first kappa shape index (κ1) is 20.8. The average Bonchev–Trinajstić information content (AvgIpc) is 2.67. The summed E-state index contributed by atoms with van der Waals surface area (Å²) in [5.41, 5.74) is 2.49. The van der Waals surface area contributed by atoms with Gasteiger partial charge in [0.15, 0.2) is 0 Å². The van der Waals surface area contributed by atoms with Gasteiger partial charge in [-0.15, -0.1) is 0 Å². The summed E-state index contributed by atoms with van der Waals surface area (Å²) in [4.78, 5) is 12.5. The van der Waals surface area contributed by atoms with Gasteiger partial charge in [0.1, 0.15) is 11.5 Å². The number of methoxy groups -OCH3 is 1. The number of nitrogens with one attached hydrogen (secondary N) is 1. The molecule has 0 radical (unpaired) electrons. The predicted octanol–water partition coefficient (Wildman–Crippen LogP) is 4.20. The Kier molecular flexibility index (Phi) is 8.14. The number of hydrogen-bond donors (Lipinski definition) is 1. The van der Waals surface area contributed by atoms with Crippen molar-refractivity contribution in [2.75, 3.05) is 20.3 Å². The van der Waals surface area contributed by atoms with E-state index in [0.29, 0.717) is 37.8 Å². The van der Waals surface area contributed by atoms with Crippen molar-refractivity contribution in [1.82, 2.24) is 5.32 Å². The summed E-state index contributed by atoms with van der Waals surface area (Å²) >= 11 is 0. The van der Waals surface area contributed by atoms with Gasteiger partial charge in [-0.1, -0.05) is 26.0 Å². The third-order valence-corrected chi connectivity index (χ3v) is 3.94. The van der Waals surface area contributed by atoms with Gasteiger partial charge in [0.25, 0.3) is 5.91 Å². The maximum absolute atomic E-state index is 12.5. The number of ether oxygens (including phenoxy) is 3. The molecule has 2 aromatic rings. The molecule has 0 spiro atoms. The van der Waals surface area contributed by atoms with Gasteiger partial charge in [0.05, 0.1) is 20.3 Å². The second-order valence-corrected chi connectivity index (χ2v) is 6.70. The summed E-state index contributed by atoms with van der Waals surface area (Å²) in [6.45, 7) is 8.26. The molecular formula is C22H29NO4. The minimum absolute atomic E-state index is 0.126. The van der Waals surface area contributed by atoms with Crippen LogP contribution in [-0.4, -0.2) is 26.2 Å². The van der Waals surface area contributed by atoms with E-state index in [2.05, 4.69) is 19.2 Å². The van der Waals surface area contributed by atoms with Crippen molar-refractivity contribution in [1.29, 1.82) is 0 Å². The molecule has 5 nitrogen and oxygen atoms in total. The monoisotopic (exact) mass is 371 g/mol. The van der Waals surface area contributed by atoms with E-state index in [1.807, 2.05) is 43.3 Å². The van der Waals surface area contributed by atoms with Crippen LogP contribution < -0.4 is 14.8 Å². The van der Waals surface area contributed by atoms with Gasteiger partial charge in [0, 0.05) is 24.3 Å². The Labute approximate surface area is 161 Å². The van der Waals surface area contributed by atoms with Crippen molar-refractivity contribution in [3.63, 3.8) is 0 Å². The fourth-order valence-corrected chi connectivity index (χ4v) is 2.56. The number of rotatable bonds is 10. The van der Waals surface area contributed by atoms with Crippen molar-refractivity contribution < 1.29 is 19.0 Å². The predicted molar refractivity (Wildman–Crippen MR) is 106 cm³/mol. The Bertz CT molecular complexity index is 726. The molecule has 2 aromatic carbocycles. The molecule has 146 valence electrons. The van der Waals surface area contributed by atoms with Crippen molar-refractivity contribution >= 4 is 5.91 Å². The van der Waals surface area contributed by atoms with E-state index in [1.54, 1.807) is 13.2 Å². The maximum Gasteiger partial charge on any atom is 0.251 e. The van der Waals surface area contributed by atoms with E-state index in [9.17, 15) is 4.79 Å². The number of carbonyl (C=O) groups is 1. The van der Waals surface area contributed by atoms with Crippen LogP contribution >= 0.6 is 0 Å². The quantitative estimate of drug-likeness (QED) is 0.680. The van der Waals surface area contributed by atoms with Crippen LogP contribution in [0.5, 0.6) is 11.5 Å². The number of benzene rings is 2. The summed E-state index contributed by atoms with van der Waals surface area (Å²) in [7, 11) is 1.63. The molecule has 0 unspecified atom stereocenters. The zero-order chi connectivity index (χ0) is 19.6. The lowest BCUT2D eigenvalue weighted by molar-refractivity contribution is 0.0935. The molecular weight excluding hydrogens is 342 g/mol. The number of amides is 1. The van der Waals surface area contributed by atoms with Crippen LogP contribution in [0.2, 0.25) is 0 Å². The van der Waals surface area contributed by atoms with Gasteiger partial charge >= 0.3 is 0 Å². The minimum atomic E-state index is -0.126. The standard InChI is InChI=1S/C22H29NO4/c1-5-27-21-11-8-18(12-19(21)15-26-14-16(2)3)22(24)23-13-17-6-9-20(25-4)10-7-17/h6-12,16H,5,13-15H2,1-4H3,(H,23,24). The third-order valence-electron chi connectivity index (χ3n) is 3.94. The maximum atomic E-state index is 12.5. The molecule has 0 bridgehead atoms. The van der Waals surface area contributed by atoms with Gasteiger partial charge in [-0.2, -0.15) is 0 Å². The summed E-state index contributed by atoms with van der Waals surface area (Å²) in [5.74, 6) is 1.88. The zero-order valence-corrected chi connectivity index (χ0v) is 16.6. The highest BCUT2D eigenvalue weighted by Crippen LogP contribution is 2.22. The van der Waals surface area contributed by atoms with Gasteiger partial charge < -0.3 is 19.5 Å². The van der Waals surface area contributed by atoms with E-state index in [-0.39, 0.29) is 5.91 Å². The van der Waals surface area contributed by atoms with E-state index >= 15 is 0 Å². The molecule has 1 N–H and O–H groups in total. The Hall–Kier alpha value is -2.53. The first-order valence-electron chi connectivity index (χ1n) is 9.28. The molecule has 27 heavy (non-hydrogen) atoms. The lowest BCUT2D eigenvalue weighted by atomic mass is 10.1. The lowest BCUT2D eigenvalue weighted by Crippen LogP contribution is -2.23. The van der Waals surface area contributed by atoms with Crippen molar-refractivity contribution in [2.24, 2.45) is 5.92 Å². The number of carbonyl (C=O) groups excluding carboxylic acids is 1. The fraction of sp³-hybridized carbons (Fsp3) is 0.409. The highest BCUT2D eigenvalue weighted by molar-refractivity contribution is 5.94. The van der Waals surface area contributed by atoms with E-state index in [0.717, 1.165) is 22.6 Å². The summed E-state index contributed by atoms with van der Waals surface area (Å²) in [5, 5.41) is 2.94. The Morgan fingerprint density at radius 1 is 1.11 bits per heavy atom. The van der Waals surface area contributed by atoms with Crippen LogP contribution in [0.15, 0.2) is 42.5 Å². The van der Waals surface area contributed by atoms with Gasteiger partial charge in [0.2, 0.25) is 0 Å². The number of hydrogen-bond acceptors (Lipinski definition) is 4. The molecule has 0 saturated heterocycles. The van der Waals surface area contributed by atoms with Crippen LogP contribution in [0.4, 0.5) is 0 Å². The lowest BCUT2D eigenvalue weighted by Gasteiger charge is -2.14. The Morgan fingerprint density at radius 2 is 1.85 bits per heavy atom. The Balaban J connectivity index is 2.02. The SMILES string of the molecule is CCOc1ccc(C(=O)NCc2ccc(OC)cc2)cc1COCC(C)C. The largest absolute Gasteiger partial charge is 0.497 e. The summed E-state index contributed by atoms with van der Waals surface area (Å²) < 4.78 is 16.5. The van der Waals surface area contributed by atoms with Crippen molar-refractivity contribution in [2.45, 2.75) is 33.9 Å². The zero-order valence-electron chi connectivity index (χ0n) is 16.6. The smallest absolute Gasteiger partial charge is 0.251 e. The Morgan fingerprint density at radius 3 is 2.48 bits per heavy atom. The average molecular weight is 371 g/mol. The molecule has 0 heterocycles. The highest BCUT2D eigenvalue weighted by atomic mass is 16.5. The van der Waals surface area contributed by atoms with E-state index in [4.69, 9.17) is 14.2 Å². The molecule has 5 heteroatoms.